The van der Waals surface area contributed by atoms with Crippen molar-refractivity contribution in [3.05, 3.63) is 29.8 Å². The van der Waals surface area contributed by atoms with E-state index in [1.165, 1.54) is 12.1 Å². The molecule has 1 aromatic carbocycles. The molecule has 16 heavy (non-hydrogen) atoms. The molecule has 0 aliphatic carbocycles. The van der Waals surface area contributed by atoms with Gasteiger partial charge in [-0.25, -0.2) is 0 Å². The highest BCUT2D eigenvalue weighted by atomic mass is 16.3. The topological polar surface area (TPSA) is 40.5 Å². The van der Waals surface area contributed by atoms with Gasteiger partial charge in [0.15, 0.2) is 0 Å². The lowest BCUT2D eigenvalue weighted by molar-refractivity contribution is 0.0792. The van der Waals surface area contributed by atoms with Crippen LogP contribution in [0, 0.1) is 0 Å². The quantitative estimate of drug-likeness (QED) is 0.776. The van der Waals surface area contributed by atoms with E-state index in [-0.39, 0.29) is 11.7 Å². The second kappa shape index (κ2) is 6.16. The molecule has 0 fully saturated rings. The summed E-state index contributed by atoms with van der Waals surface area (Å²) in [5.74, 6) is 0.196. The van der Waals surface area contributed by atoms with Crippen LogP contribution in [-0.4, -0.2) is 29.5 Å². The van der Waals surface area contributed by atoms with Gasteiger partial charge < -0.3 is 10.0 Å². The zero-order valence-corrected chi connectivity index (χ0v) is 9.94. The van der Waals surface area contributed by atoms with Crippen LogP contribution in [0.2, 0.25) is 0 Å². The van der Waals surface area contributed by atoms with E-state index in [1.807, 2.05) is 7.05 Å². The number of nitrogens with zero attached hydrogens (tertiary/aromatic N) is 1. The van der Waals surface area contributed by atoms with Gasteiger partial charge in [0.1, 0.15) is 5.75 Å². The van der Waals surface area contributed by atoms with Gasteiger partial charge in [-0.2, -0.15) is 0 Å². The largest absolute Gasteiger partial charge is 0.508 e. The highest BCUT2D eigenvalue weighted by Gasteiger charge is 2.10. The number of amides is 1. The summed E-state index contributed by atoms with van der Waals surface area (Å²) in [6.45, 7) is 2.93. The summed E-state index contributed by atoms with van der Waals surface area (Å²) in [6, 6.07) is 6.36. The van der Waals surface area contributed by atoms with Crippen LogP contribution in [0.15, 0.2) is 24.3 Å². The van der Waals surface area contributed by atoms with E-state index in [4.69, 9.17) is 5.11 Å². The van der Waals surface area contributed by atoms with Crippen LogP contribution in [0.5, 0.6) is 5.75 Å². The minimum atomic E-state index is 0.0103. The lowest BCUT2D eigenvalue weighted by Crippen LogP contribution is -2.27. The molecule has 0 unspecified atom stereocenters. The number of unbranched alkanes of at least 4 members (excludes halogenated alkanes) is 2. The maximum atomic E-state index is 11.9. The zero-order chi connectivity index (χ0) is 12.0. The lowest BCUT2D eigenvalue weighted by atomic mass is 10.2. The first-order chi connectivity index (χ1) is 7.65. The van der Waals surface area contributed by atoms with Crippen LogP contribution in [0.1, 0.15) is 36.5 Å². The molecule has 0 aromatic heterocycles. The van der Waals surface area contributed by atoms with E-state index in [1.54, 1.807) is 17.0 Å². The van der Waals surface area contributed by atoms with Crippen molar-refractivity contribution < 1.29 is 9.90 Å². The van der Waals surface area contributed by atoms with Crippen molar-refractivity contribution in [1.82, 2.24) is 4.90 Å². The van der Waals surface area contributed by atoms with Crippen molar-refractivity contribution in [2.24, 2.45) is 0 Å². The van der Waals surface area contributed by atoms with Crippen molar-refractivity contribution in [1.29, 1.82) is 0 Å². The van der Waals surface area contributed by atoms with E-state index in [0.717, 1.165) is 25.8 Å². The first-order valence-corrected chi connectivity index (χ1v) is 5.69. The molecule has 3 nitrogen and oxygen atoms in total. The Morgan fingerprint density at radius 2 is 1.88 bits per heavy atom. The smallest absolute Gasteiger partial charge is 0.253 e. The minimum Gasteiger partial charge on any atom is -0.508 e. The van der Waals surface area contributed by atoms with E-state index < -0.39 is 0 Å². The zero-order valence-electron chi connectivity index (χ0n) is 9.94. The second-order valence-corrected chi connectivity index (χ2v) is 3.98. The Morgan fingerprint density at radius 3 is 2.44 bits per heavy atom. The number of rotatable bonds is 5. The number of hydrogen-bond acceptors (Lipinski definition) is 2. The fourth-order valence-electron chi connectivity index (χ4n) is 1.52. The van der Waals surface area contributed by atoms with Crippen molar-refractivity contribution >= 4 is 5.91 Å². The molecule has 0 radical (unpaired) electrons. The van der Waals surface area contributed by atoms with Gasteiger partial charge in [-0.05, 0) is 30.7 Å². The Kier molecular flexibility index (Phi) is 4.83. The molecule has 0 saturated heterocycles. The van der Waals surface area contributed by atoms with E-state index in [0.29, 0.717) is 5.56 Å². The first-order valence-electron chi connectivity index (χ1n) is 5.69. The highest BCUT2D eigenvalue weighted by Crippen LogP contribution is 2.11. The summed E-state index contributed by atoms with van der Waals surface area (Å²) in [7, 11) is 1.81. The van der Waals surface area contributed by atoms with Crippen LogP contribution in [0.3, 0.4) is 0 Å². The summed E-state index contributed by atoms with van der Waals surface area (Å²) < 4.78 is 0. The number of phenols is 1. The summed E-state index contributed by atoms with van der Waals surface area (Å²) in [5.41, 5.74) is 0.622. The van der Waals surface area contributed by atoms with Crippen LogP contribution in [0.25, 0.3) is 0 Å². The summed E-state index contributed by atoms with van der Waals surface area (Å²) in [6.07, 6.45) is 3.34. The van der Waals surface area contributed by atoms with Crippen molar-refractivity contribution in [2.45, 2.75) is 26.2 Å². The number of hydrogen-bond donors (Lipinski definition) is 1. The predicted molar refractivity (Wildman–Crippen MR) is 64.6 cm³/mol. The molecular weight excluding hydrogens is 202 g/mol. The molecule has 0 spiro atoms. The van der Waals surface area contributed by atoms with Gasteiger partial charge in [0.25, 0.3) is 5.91 Å². The highest BCUT2D eigenvalue weighted by molar-refractivity contribution is 5.94. The molecule has 1 N–H and O–H groups in total. The fraction of sp³-hybridized carbons (Fsp3) is 0.462. The van der Waals surface area contributed by atoms with E-state index >= 15 is 0 Å². The van der Waals surface area contributed by atoms with Crippen molar-refractivity contribution in [3.8, 4) is 5.75 Å². The number of aromatic hydroxyl groups is 1. The first kappa shape index (κ1) is 12.6. The van der Waals surface area contributed by atoms with Gasteiger partial charge in [0.05, 0.1) is 0 Å². The average molecular weight is 221 g/mol. The number of carbonyl (C=O) groups is 1. The average Bonchev–Trinajstić information content (AvgIpc) is 2.29. The van der Waals surface area contributed by atoms with Gasteiger partial charge >= 0.3 is 0 Å². The maximum absolute atomic E-state index is 11.9. The Balaban J connectivity index is 2.53. The molecule has 0 bridgehead atoms. The Bertz CT molecular complexity index is 332. The van der Waals surface area contributed by atoms with Gasteiger partial charge in [-0.15, -0.1) is 0 Å². The number of phenolic OH excluding ortho intramolecular Hbond substituents is 1. The SMILES string of the molecule is CCCCCN(C)C(=O)c1ccc(O)cc1. The van der Waals surface area contributed by atoms with Crippen LogP contribution in [0.4, 0.5) is 0 Å². The Labute approximate surface area is 96.7 Å². The monoisotopic (exact) mass is 221 g/mol. The predicted octanol–water partition coefficient (Wildman–Crippen LogP) is 2.65. The third-order valence-corrected chi connectivity index (χ3v) is 2.56. The maximum Gasteiger partial charge on any atom is 0.253 e. The molecule has 0 heterocycles. The molecule has 0 saturated carbocycles. The van der Waals surface area contributed by atoms with E-state index in [2.05, 4.69) is 6.92 Å². The summed E-state index contributed by atoms with van der Waals surface area (Å²) >= 11 is 0. The van der Waals surface area contributed by atoms with E-state index in [9.17, 15) is 4.79 Å². The van der Waals surface area contributed by atoms with Crippen LogP contribution < -0.4 is 0 Å². The molecule has 1 amide bonds. The molecule has 3 heteroatoms. The number of benzene rings is 1. The van der Waals surface area contributed by atoms with Crippen LogP contribution in [-0.2, 0) is 0 Å². The molecule has 1 rings (SSSR count). The normalized spacial score (nSPS) is 10.1. The minimum absolute atomic E-state index is 0.0103. The number of carbonyl (C=O) groups excluding carboxylic acids is 1. The molecule has 1 aromatic rings. The lowest BCUT2D eigenvalue weighted by Gasteiger charge is -2.16. The van der Waals surface area contributed by atoms with Crippen molar-refractivity contribution in [3.63, 3.8) is 0 Å². The molecule has 0 aliphatic heterocycles. The fourth-order valence-corrected chi connectivity index (χ4v) is 1.52. The van der Waals surface area contributed by atoms with Gasteiger partial charge in [0, 0.05) is 19.2 Å². The third-order valence-electron chi connectivity index (χ3n) is 2.56. The second-order valence-electron chi connectivity index (χ2n) is 3.98. The van der Waals surface area contributed by atoms with Gasteiger partial charge in [-0.3, -0.25) is 4.79 Å². The molecule has 88 valence electrons. The van der Waals surface area contributed by atoms with Gasteiger partial charge in [-0.1, -0.05) is 19.8 Å². The summed E-state index contributed by atoms with van der Waals surface area (Å²) in [5, 5.41) is 9.13. The van der Waals surface area contributed by atoms with Crippen LogP contribution >= 0.6 is 0 Å². The molecule has 0 atom stereocenters. The summed E-state index contributed by atoms with van der Waals surface area (Å²) in [4.78, 5) is 13.6. The molecular formula is C13H19NO2. The van der Waals surface area contributed by atoms with Crippen molar-refractivity contribution in [2.75, 3.05) is 13.6 Å². The molecule has 0 aliphatic rings. The standard InChI is InChI=1S/C13H19NO2/c1-3-4-5-10-14(2)13(16)11-6-8-12(15)9-7-11/h6-9,15H,3-5,10H2,1-2H3. The van der Waals surface area contributed by atoms with Gasteiger partial charge in [0.2, 0.25) is 0 Å². The Hall–Kier alpha value is -1.51. The Morgan fingerprint density at radius 1 is 1.25 bits per heavy atom. The third kappa shape index (κ3) is 3.57.